The van der Waals surface area contributed by atoms with Gasteiger partial charge in [-0.25, -0.2) is 0 Å². The summed E-state index contributed by atoms with van der Waals surface area (Å²) in [4.78, 5) is 0. The Labute approximate surface area is 135 Å². The molecule has 19 heavy (non-hydrogen) atoms. The number of rotatable bonds is 3. The summed E-state index contributed by atoms with van der Waals surface area (Å²) in [6.45, 7) is 0. The zero-order valence-corrected chi connectivity index (χ0v) is 13.7. The van der Waals surface area contributed by atoms with E-state index in [1.54, 1.807) is 18.2 Å². The van der Waals surface area contributed by atoms with Gasteiger partial charge >= 0.3 is 0 Å². The summed E-state index contributed by atoms with van der Waals surface area (Å²) >= 11 is 21.7. The minimum atomic E-state index is -0.245. The van der Waals surface area contributed by atoms with E-state index in [1.165, 1.54) is 0 Å². The molecule has 0 aliphatic rings. The molecule has 100 valence electrons. The molecule has 0 heterocycles. The minimum Gasteiger partial charge on any atom is -0.324 e. The van der Waals surface area contributed by atoms with Gasteiger partial charge in [0.2, 0.25) is 0 Å². The fourth-order valence-electron chi connectivity index (χ4n) is 1.83. The van der Waals surface area contributed by atoms with E-state index in [1.807, 2.05) is 18.2 Å². The van der Waals surface area contributed by atoms with E-state index in [2.05, 4.69) is 15.9 Å². The lowest BCUT2D eigenvalue weighted by Crippen LogP contribution is -2.14. The van der Waals surface area contributed by atoms with Crippen LogP contribution in [0.5, 0.6) is 0 Å². The SMILES string of the molecule is NC(Cc1ccc(Br)cc1Cl)c1cc(Cl)ccc1Cl. The van der Waals surface area contributed by atoms with Gasteiger partial charge in [0.15, 0.2) is 0 Å². The summed E-state index contributed by atoms with van der Waals surface area (Å²) in [7, 11) is 0. The molecule has 0 saturated heterocycles. The molecule has 2 rings (SSSR count). The second-order valence-corrected chi connectivity index (χ2v) is 6.38. The maximum absolute atomic E-state index is 6.19. The van der Waals surface area contributed by atoms with Gasteiger partial charge in [-0.1, -0.05) is 56.8 Å². The fraction of sp³-hybridized carbons (Fsp3) is 0.143. The molecule has 1 atom stereocenters. The summed E-state index contributed by atoms with van der Waals surface area (Å²) in [6.07, 6.45) is 0.603. The first kappa shape index (κ1) is 15.1. The van der Waals surface area contributed by atoms with Crippen molar-refractivity contribution in [1.29, 1.82) is 0 Å². The van der Waals surface area contributed by atoms with Gasteiger partial charge in [0.1, 0.15) is 0 Å². The van der Waals surface area contributed by atoms with Crippen molar-refractivity contribution in [2.24, 2.45) is 5.73 Å². The van der Waals surface area contributed by atoms with Crippen molar-refractivity contribution in [1.82, 2.24) is 0 Å². The Bertz CT molecular complexity index is 601. The number of hydrogen-bond donors (Lipinski definition) is 1. The van der Waals surface area contributed by atoms with Crippen LogP contribution in [0, 0.1) is 0 Å². The van der Waals surface area contributed by atoms with Crippen molar-refractivity contribution in [2.45, 2.75) is 12.5 Å². The lowest BCUT2D eigenvalue weighted by Gasteiger charge is -2.15. The van der Waals surface area contributed by atoms with Crippen LogP contribution in [0.15, 0.2) is 40.9 Å². The van der Waals surface area contributed by atoms with Crippen LogP contribution in [0.2, 0.25) is 15.1 Å². The summed E-state index contributed by atoms with van der Waals surface area (Å²) in [5.41, 5.74) is 8.00. The first-order chi connectivity index (χ1) is 8.97. The van der Waals surface area contributed by atoms with Gasteiger partial charge in [-0.3, -0.25) is 0 Å². The Balaban J connectivity index is 2.25. The summed E-state index contributed by atoms with van der Waals surface area (Å²) in [5, 5.41) is 1.92. The highest BCUT2D eigenvalue weighted by Crippen LogP contribution is 2.30. The molecular weight excluding hydrogens is 368 g/mol. The third kappa shape index (κ3) is 3.87. The van der Waals surface area contributed by atoms with Gasteiger partial charge < -0.3 is 5.73 Å². The maximum atomic E-state index is 6.19. The molecule has 2 aromatic carbocycles. The quantitative estimate of drug-likeness (QED) is 0.732. The van der Waals surface area contributed by atoms with Crippen molar-refractivity contribution in [2.75, 3.05) is 0 Å². The Morgan fingerprint density at radius 1 is 1.00 bits per heavy atom. The molecule has 2 N–H and O–H groups in total. The zero-order chi connectivity index (χ0) is 14.0. The molecule has 2 aromatic rings. The first-order valence-electron chi connectivity index (χ1n) is 5.62. The van der Waals surface area contributed by atoms with Crippen LogP contribution in [-0.4, -0.2) is 0 Å². The van der Waals surface area contributed by atoms with E-state index in [4.69, 9.17) is 40.5 Å². The van der Waals surface area contributed by atoms with Crippen LogP contribution in [0.3, 0.4) is 0 Å². The van der Waals surface area contributed by atoms with E-state index >= 15 is 0 Å². The smallest absolute Gasteiger partial charge is 0.0454 e. The highest BCUT2D eigenvalue weighted by Gasteiger charge is 2.13. The topological polar surface area (TPSA) is 26.0 Å². The van der Waals surface area contributed by atoms with Gasteiger partial charge in [0.05, 0.1) is 0 Å². The van der Waals surface area contributed by atoms with Crippen LogP contribution in [0.4, 0.5) is 0 Å². The largest absolute Gasteiger partial charge is 0.324 e. The van der Waals surface area contributed by atoms with Crippen LogP contribution < -0.4 is 5.73 Å². The van der Waals surface area contributed by atoms with Crippen molar-refractivity contribution in [3.8, 4) is 0 Å². The van der Waals surface area contributed by atoms with E-state index in [0.717, 1.165) is 15.6 Å². The number of halogens is 4. The molecule has 0 aliphatic heterocycles. The van der Waals surface area contributed by atoms with Crippen molar-refractivity contribution >= 4 is 50.7 Å². The molecule has 1 nitrogen and oxygen atoms in total. The molecule has 0 fully saturated rings. The highest BCUT2D eigenvalue weighted by molar-refractivity contribution is 9.10. The van der Waals surface area contributed by atoms with E-state index < -0.39 is 0 Å². The zero-order valence-electron chi connectivity index (χ0n) is 9.84. The maximum Gasteiger partial charge on any atom is 0.0454 e. The summed E-state index contributed by atoms with van der Waals surface area (Å²) < 4.78 is 0.940. The molecular formula is C14H11BrCl3N. The molecule has 0 aromatic heterocycles. The Morgan fingerprint density at radius 3 is 2.42 bits per heavy atom. The second-order valence-electron chi connectivity index (χ2n) is 4.21. The van der Waals surface area contributed by atoms with Crippen LogP contribution in [0.25, 0.3) is 0 Å². The van der Waals surface area contributed by atoms with Gasteiger partial charge in [-0.2, -0.15) is 0 Å². The van der Waals surface area contributed by atoms with Gasteiger partial charge in [0, 0.05) is 25.6 Å². The predicted octanol–water partition coefficient (Wildman–Crippen LogP) is 5.65. The van der Waals surface area contributed by atoms with Crippen molar-refractivity contribution in [3.05, 3.63) is 67.1 Å². The fourth-order valence-corrected chi connectivity index (χ4v) is 3.02. The highest BCUT2D eigenvalue weighted by atomic mass is 79.9. The van der Waals surface area contributed by atoms with Gasteiger partial charge in [0.25, 0.3) is 0 Å². The predicted molar refractivity (Wildman–Crippen MR) is 86.2 cm³/mol. The molecule has 0 aliphatic carbocycles. The normalized spacial score (nSPS) is 12.5. The van der Waals surface area contributed by atoms with E-state index in [-0.39, 0.29) is 6.04 Å². The van der Waals surface area contributed by atoms with Crippen molar-refractivity contribution in [3.63, 3.8) is 0 Å². The summed E-state index contributed by atoms with van der Waals surface area (Å²) in [6, 6.07) is 10.8. The molecule has 0 saturated carbocycles. The lowest BCUT2D eigenvalue weighted by molar-refractivity contribution is 0.722. The Kier molecular flexibility index (Phi) is 5.15. The first-order valence-corrected chi connectivity index (χ1v) is 7.54. The average Bonchev–Trinajstić information content (AvgIpc) is 2.35. The average molecular weight is 380 g/mol. The van der Waals surface area contributed by atoms with Crippen molar-refractivity contribution < 1.29 is 0 Å². The van der Waals surface area contributed by atoms with E-state index in [0.29, 0.717) is 21.5 Å². The van der Waals surface area contributed by atoms with Gasteiger partial charge in [-0.05, 0) is 47.9 Å². The monoisotopic (exact) mass is 377 g/mol. The Hall–Kier alpha value is -0.250. The van der Waals surface area contributed by atoms with Crippen LogP contribution in [-0.2, 0) is 6.42 Å². The number of benzene rings is 2. The van der Waals surface area contributed by atoms with Crippen LogP contribution >= 0.6 is 50.7 Å². The van der Waals surface area contributed by atoms with E-state index in [9.17, 15) is 0 Å². The lowest BCUT2D eigenvalue weighted by atomic mass is 9.99. The Morgan fingerprint density at radius 2 is 1.74 bits per heavy atom. The third-order valence-corrected chi connectivity index (χ3v) is 4.24. The third-order valence-electron chi connectivity index (χ3n) is 2.81. The molecule has 1 unspecified atom stereocenters. The van der Waals surface area contributed by atoms with Crippen LogP contribution in [0.1, 0.15) is 17.2 Å². The summed E-state index contributed by atoms with van der Waals surface area (Å²) in [5.74, 6) is 0. The molecule has 0 bridgehead atoms. The number of nitrogens with two attached hydrogens (primary N) is 1. The molecule has 0 spiro atoms. The standard InChI is InChI=1S/C14H11BrCl3N/c15-9-2-1-8(13(18)6-9)5-14(19)11-7-10(16)3-4-12(11)17/h1-4,6-7,14H,5,19H2. The second kappa shape index (κ2) is 6.47. The molecule has 0 amide bonds. The van der Waals surface area contributed by atoms with Gasteiger partial charge in [-0.15, -0.1) is 0 Å². The number of hydrogen-bond acceptors (Lipinski definition) is 1. The minimum absolute atomic E-state index is 0.245. The molecule has 5 heteroatoms. The molecule has 0 radical (unpaired) electrons.